The zero-order valence-corrected chi connectivity index (χ0v) is 8.77. The van der Waals surface area contributed by atoms with Crippen LogP contribution >= 0.6 is 11.8 Å². The van der Waals surface area contributed by atoms with Crippen LogP contribution < -0.4 is 5.73 Å². The first kappa shape index (κ1) is 10.6. The Kier molecular flexibility index (Phi) is 3.78. The average Bonchev–Trinajstić information content (AvgIpc) is 2.17. The summed E-state index contributed by atoms with van der Waals surface area (Å²) in [4.78, 5) is 1.22. The van der Waals surface area contributed by atoms with Crippen LogP contribution in [0.25, 0.3) is 0 Å². The van der Waals surface area contributed by atoms with Crippen molar-refractivity contribution in [2.75, 3.05) is 12.9 Å². The molecule has 0 spiro atoms. The van der Waals surface area contributed by atoms with Gasteiger partial charge in [0, 0.05) is 4.90 Å². The summed E-state index contributed by atoms with van der Waals surface area (Å²) in [7, 11) is 0. The van der Waals surface area contributed by atoms with Crippen molar-refractivity contribution in [2.24, 2.45) is 5.73 Å². The van der Waals surface area contributed by atoms with E-state index in [0.717, 1.165) is 5.56 Å². The second-order valence-corrected chi connectivity index (χ2v) is 3.87. The van der Waals surface area contributed by atoms with Gasteiger partial charge in [0.1, 0.15) is 0 Å². The molecular formula is C10H15NOS. The SMILES string of the molecule is CSc1cc(C(N)CO)ccc1C. The molecule has 0 heterocycles. The maximum absolute atomic E-state index is 8.89. The molecule has 3 N–H and O–H groups in total. The number of aliphatic hydroxyl groups excluding tert-OH is 1. The minimum atomic E-state index is -0.258. The first-order chi connectivity index (χ1) is 6.19. The van der Waals surface area contributed by atoms with Crippen LogP contribution in [0.4, 0.5) is 0 Å². The number of benzene rings is 1. The van der Waals surface area contributed by atoms with E-state index in [2.05, 4.69) is 6.92 Å². The molecule has 0 aliphatic carbocycles. The smallest absolute Gasteiger partial charge is 0.0624 e. The van der Waals surface area contributed by atoms with Crippen LogP contribution in [0, 0.1) is 6.92 Å². The molecule has 1 aromatic carbocycles. The standard InChI is InChI=1S/C10H15NOS/c1-7-3-4-8(9(11)6-12)5-10(7)13-2/h3-5,9,12H,6,11H2,1-2H3. The minimum absolute atomic E-state index is 0.00309. The molecule has 0 amide bonds. The molecule has 0 aliphatic rings. The molecule has 72 valence electrons. The fourth-order valence-corrected chi connectivity index (χ4v) is 1.82. The average molecular weight is 197 g/mol. The highest BCUT2D eigenvalue weighted by Gasteiger charge is 2.05. The van der Waals surface area contributed by atoms with E-state index in [1.165, 1.54) is 10.5 Å². The monoisotopic (exact) mass is 197 g/mol. The lowest BCUT2D eigenvalue weighted by molar-refractivity contribution is 0.268. The number of thioether (sulfide) groups is 1. The summed E-state index contributed by atoms with van der Waals surface area (Å²) >= 11 is 1.70. The van der Waals surface area contributed by atoms with E-state index < -0.39 is 0 Å². The Hall–Kier alpha value is -0.510. The van der Waals surface area contributed by atoms with Gasteiger partial charge in [0.15, 0.2) is 0 Å². The fourth-order valence-electron chi connectivity index (χ4n) is 1.17. The molecule has 13 heavy (non-hydrogen) atoms. The third kappa shape index (κ3) is 2.46. The lowest BCUT2D eigenvalue weighted by Crippen LogP contribution is -2.14. The van der Waals surface area contributed by atoms with Gasteiger partial charge in [-0.05, 0) is 30.4 Å². The quantitative estimate of drug-likeness (QED) is 0.725. The molecule has 1 rings (SSSR count). The van der Waals surface area contributed by atoms with Crippen LogP contribution in [0.3, 0.4) is 0 Å². The van der Waals surface area contributed by atoms with E-state index in [1.54, 1.807) is 11.8 Å². The number of nitrogens with two attached hydrogens (primary N) is 1. The van der Waals surface area contributed by atoms with Crippen molar-refractivity contribution in [3.05, 3.63) is 29.3 Å². The van der Waals surface area contributed by atoms with Gasteiger partial charge in [-0.1, -0.05) is 12.1 Å². The van der Waals surface area contributed by atoms with Crippen LogP contribution in [-0.4, -0.2) is 18.0 Å². The molecule has 1 aromatic rings. The fraction of sp³-hybridized carbons (Fsp3) is 0.400. The van der Waals surface area contributed by atoms with Gasteiger partial charge in [-0.3, -0.25) is 0 Å². The Morgan fingerprint density at radius 1 is 1.54 bits per heavy atom. The minimum Gasteiger partial charge on any atom is -0.394 e. The van der Waals surface area contributed by atoms with Gasteiger partial charge in [-0.2, -0.15) is 0 Å². The zero-order chi connectivity index (χ0) is 9.84. The molecule has 1 atom stereocenters. The van der Waals surface area contributed by atoms with Crippen LogP contribution in [0.15, 0.2) is 23.1 Å². The predicted octanol–water partition coefficient (Wildman–Crippen LogP) is 1.71. The molecule has 2 nitrogen and oxygen atoms in total. The van der Waals surface area contributed by atoms with Gasteiger partial charge in [-0.15, -0.1) is 11.8 Å². The van der Waals surface area contributed by atoms with Crippen molar-refractivity contribution in [2.45, 2.75) is 17.9 Å². The van der Waals surface area contributed by atoms with Gasteiger partial charge in [-0.25, -0.2) is 0 Å². The largest absolute Gasteiger partial charge is 0.394 e. The lowest BCUT2D eigenvalue weighted by atomic mass is 10.1. The van der Waals surface area contributed by atoms with E-state index in [0.29, 0.717) is 0 Å². The van der Waals surface area contributed by atoms with E-state index in [1.807, 2.05) is 24.5 Å². The Morgan fingerprint density at radius 2 is 2.23 bits per heavy atom. The molecule has 3 heteroatoms. The van der Waals surface area contributed by atoms with Crippen LogP contribution in [0.5, 0.6) is 0 Å². The van der Waals surface area contributed by atoms with Crippen molar-refractivity contribution in [3.63, 3.8) is 0 Å². The Bertz CT molecular complexity index is 288. The Labute approximate surface area is 83.1 Å². The molecule has 0 saturated heterocycles. The molecule has 0 fully saturated rings. The summed E-state index contributed by atoms with van der Waals surface area (Å²) in [5, 5.41) is 8.89. The third-order valence-corrected chi connectivity index (χ3v) is 2.94. The first-order valence-electron chi connectivity index (χ1n) is 4.20. The highest BCUT2D eigenvalue weighted by Crippen LogP contribution is 2.23. The summed E-state index contributed by atoms with van der Waals surface area (Å²) < 4.78 is 0. The van der Waals surface area contributed by atoms with Crippen molar-refractivity contribution in [1.82, 2.24) is 0 Å². The van der Waals surface area contributed by atoms with Crippen molar-refractivity contribution < 1.29 is 5.11 Å². The molecule has 1 unspecified atom stereocenters. The van der Waals surface area contributed by atoms with Crippen LogP contribution in [0.2, 0.25) is 0 Å². The van der Waals surface area contributed by atoms with Gasteiger partial charge in [0.05, 0.1) is 12.6 Å². The summed E-state index contributed by atoms with van der Waals surface area (Å²) in [6.45, 7) is 2.07. The second kappa shape index (κ2) is 4.65. The topological polar surface area (TPSA) is 46.2 Å². The summed E-state index contributed by atoms with van der Waals surface area (Å²) in [5.74, 6) is 0. The highest BCUT2D eigenvalue weighted by molar-refractivity contribution is 7.98. The third-order valence-electron chi connectivity index (χ3n) is 2.06. The van der Waals surface area contributed by atoms with E-state index >= 15 is 0 Å². The number of hydrogen-bond acceptors (Lipinski definition) is 3. The Morgan fingerprint density at radius 3 is 2.77 bits per heavy atom. The van der Waals surface area contributed by atoms with Crippen molar-refractivity contribution in [1.29, 1.82) is 0 Å². The van der Waals surface area contributed by atoms with E-state index in [-0.39, 0.29) is 12.6 Å². The number of hydrogen-bond donors (Lipinski definition) is 2. The van der Waals surface area contributed by atoms with Crippen molar-refractivity contribution >= 4 is 11.8 Å². The molecule has 0 radical (unpaired) electrons. The van der Waals surface area contributed by atoms with Gasteiger partial charge in [0.25, 0.3) is 0 Å². The molecule has 0 aliphatic heterocycles. The first-order valence-corrected chi connectivity index (χ1v) is 5.42. The number of aliphatic hydroxyl groups is 1. The number of rotatable bonds is 3. The van der Waals surface area contributed by atoms with E-state index in [4.69, 9.17) is 10.8 Å². The lowest BCUT2D eigenvalue weighted by Gasteiger charge is -2.11. The molecule has 0 aromatic heterocycles. The highest BCUT2D eigenvalue weighted by atomic mass is 32.2. The van der Waals surface area contributed by atoms with E-state index in [9.17, 15) is 0 Å². The van der Waals surface area contributed by atoms with Crippen LogP contribution in [0.1, 0.15) is 17.2 Å². The summed E-state index contributed by atoms with van der Waals surface area (Å²) in [6.07, 6.45) is 2.04. The van der Waals surface area contributed by atoms with Gasteiger partial charge in [0.2, 0.25) is 0 Å². The second-order valence-electron chi connectivity index (χ2n) is 3.02. The predicted molar refractivity (Wildman–Crippen MR) is 57.0 cm³/mol. The molecular weight excluding hydrogens is 182 g/mol. The molecule has 0 saturated carbocycles. The summed E-state index contributed by atoms with van der Waals surface area (Å²) in [6, 6.07) is 5.79. The van der Waals surface area contributed by atoms with Crippen molar-refractivity contribution in [3.8, 4) is 0 Å². The maximum atomic E-state index is 8.89. The van der Waals surface area contributed by atoms with Gasteiger partial charge < -0.3 is 10.8 Å². The molecule has 0 bridgehead atoms. The van der Waals surface area contributed by atoms with Gasteiger partial charge >= 0.3 is 0 Å². The Balaban J connectivity index is 2.99. The zero-order valence-electron chi connectivity index (χ0n) is 7.95. The number of aryl methyl sites for hydroxylation is 1. The van der Waals surface area contributed by atoms with Crippen LogP contribution in [-0.2, 0) is 0 Å². The summed E-state index contributed by atoms with van der Waals surface area (Å²) in [5.41, 5.74) is 7.96. The normalized spacial score (nSPS) is 12.9. The maximum Gasteiger partial charge on any atom is 0.0624 e.